The van der Waals surface area contributed by atoms with Crippen molar-refractivity contribution in [3.05, 3.63) is 45.6 Å². The molecule has 0 saturated heterocycles. The van der Waals surface area contributed by atoms with Gasteiger partial charge in [0.25, 0.3) is 0 Å². The van der Waals surface area contributed by atoms with Gasteiger partial charge in [-0.25, -0.2) is 4.99 Å². The topological polar surface area (TPSA) is 67.5 Å². The highest BCUT2D eigenvalue weighted by Gasteiger charge is 2.31. The number of Topliss-reactive ketones (excluding diaryl/α,β-unsaturated/α-hetero) is 1. The Balaban J connectivity index is 2.09. The van der Waals surface area contributed by atoms with Gasteiger partial charge in [-0.05, 0) is 30.5 Å². The van der Waals surface area contributed by atoms with Crippen LogP contribution in [0.4, 0.5) is 0 Å². The van der Waals surface area contributed by atoms with Crippen LogP contribution in [-0.4, -0.2) is 11.7 Å². The zero-order chi connectivity index (χ0) is 13.4. The van der Waals surface area contributed by atoms with Gasteiger partial charge in [-0.15, -0.1) is 0 Å². The maximum Gasteiger partial charge on any atom is 0.193 e. The number of guanidine groups is 1. The van der Waals surface area contributed by atoms with E-state index in [1.807, 2.05) is 24.3 Å². The largest absolute Gasteiger partial charge is 0.370 e. The summed E-state index contributed by atoms with van der Waals surface area (Å²) in [6, 6.07) is 7.58. The molecule has 98 valence electrons. The number of nitrogens with one attached hydrogen (secondary N) is 1. The molecule has 4 nitrogen and oxygen atoms in total. The lowest BCUT2D eigenvalue weighted by molar-refractivity contribution is -0.116. The second-order valence-electron chi connectivity index (χ2n) is 4.77. The van der Waals surface area contributed by atoms with Crippen LogP contribution in [0.3, 0.4) is 0 Å². The number of benzene rings is 1. The van der Waals surface area contributed by atoms with Gasteiger partial charge in [0.15, 0.2) is 11.7 Å². The summed E-state index contributed by atoms with van der Waals surface area (Å²) in [6.45, 7) is 0. The number of halogens is 1. The molecule has 2 aliphatic rings. The van der Waals surface area contributed by atoms with Crippen LogP contribution >= 0.6 is 15.9 Å². The van der Waals surface area contributed by atoms with Crippen LogP contribution in [0.5, 0.6) is 0 Å². The molecule has 0 radical (unpaired) electrons. The lowest BCUT2D eigenvalue weighted by Gasteiger charge is -2.29. The van der Waals surface area contributed by atoms with E-state index in [1.165, 1.54) is 0 Å². The van der Waals surface area contributed by atoms with Crippen molar-refractivity contribution in [3.8, 4) is 0 Å². The molecule has 0 saturated carbocycles. The molecule has 1 unspecified atom stereocenters. The normalized spacial score (nSPS) is 22.7. The van der Waals surface area contributed by atoms with E-state index in [-0.39, 0.29) is 11.8 Å². The maximum atomic E-state index is 12.2. The SMILES string of the molecule is NC1=NC(c2cccc(Br)c2)C2=C(CCCC2=O)N1. The van der Waals surface area contributed by atoms with E-state index >= 15 is 0 Å². The molecule has 1 heterocycles. The second-order valence-corrected chi connectivity index (χ2v) is 5.68. The predicted molar refractivity (Wildman–Crippen MR) is 77.5 cm³/mol. The zero-order valence-electron chi connectivity index (χ0n) is 10.3. The minimum atomic E-state index is -0.276. The van der Waals surface area contributed by atoms with E-state index in [1.54, 1.807) is 0 Å². The van der Waals surface area contributed by atoms with Gasteiger partial charge in [-0.3, -0.25) is 4.79 Å². The molecule has 1 aliphatic heterocycles. The summed E-state index contributed by atoms with van der Waals surface area (Å²) in [4.78, 5) is 16.6. The second kappa shape index (κ2) is 4.81. The predicted octanol–water partition coefficient (Wildman–Crippen LogP) is 2.42. The summed E-state index contributed by atoms with van der Waals surface area (Å²) < 4.78 is 0.975. The van der Waals surface area contributed by atoms with Crippen molar-refractivity contribution in [2.75, 3.05) is 0 Å². The van der Waals surface area contributed by atoms with E-state index in [2.05, 4.69) is 26.2 Å². The van der Waals surface area contributed by atoms with Crippen molar-refractivity contribution in [3.63, 3.8) is 0 Å². The first-order valence-electron chi connectivity index (χ1n) is 6.27. The van der Waals surface area contributed by atoms with Crippen molar-refractivity contribution < 1.29 is 4.79 Å². The number of aliphatic imine (C=N–C) groups is 1. The summed E-state index contributed by atoms with van der Waals surface area (Å²) in [5.74, 6) is 0.563. The number of nitrogens with two attached hydrogens (primary N) is 1. The first kappa shape index (κ1) is 12.4. The Hall–Kier alpha value is -1.62. The lowest BCUT2D eigenvalue weighted by Crippen LogP contribution is -2.39. The molecule has 5 heteroatoms. The Morgan fingerprint density at radius 1 is 1.37 bits per heavy atom. The van der Waals surface area contributed by atoms with E-state index in [0.29, 0.717) is 12.4 Å². The van der Waals surface area contributed by atoms with Crippen LogP contribution in [0.25, 0.3) is 0 Å². The van der Waals surface area contributed by atoms with Gasteiger partial charge in [0.1, 0.15) is 6.04 Å². The van der Waals surface area contributed by atoms with Crippen LogP contribution in [0.15, 0.2) is 45.0 Å². The van der Waals surface area contributed by atoms with Crippen molar-refractivity contribution in [2.24, 2.45) is 10.7 Å². The minimum absolute atomic E-state index is 0.176. The number of carbonyl (C=O) groups excluding carboxylic acids is 1. The number of rotatable bonds is 1. The highest BCUT2D eigenvalue weighted by molar-refractivity contribution is 9.10. The first-order chi connectivity index (χ1) is 9.15. The molecule has 3 rings (SSSR count). The molecule has 0 amide bonds. The van der Waals surface area contributed by atoms with Crippen LogP contribution in [0, 0.1) is 0 Å². The third-order valence-electron chi connectivity index (χ3n) is 3.44. The average Bonchev–Trinajstić information content (AvgIpc) is 2.37. The molecule has 3 N–H and O–H groups in total. The minimum Gasteiger partial charge on any atom is -0.370 e. The summed E-state index contributed by atoms with van der Waals surface area (Å²) in [5, 5.41) is 3.04. The molecule has 0 bridgehead atoms. The summed E-state index contributed by atoms with van der Waals surface area (Å²) >= 11 is 3.45. The van der Waals surface area contributed by atoms with Crippen LogP contribution in [0.1, 0.15) is 30.9 Å². The Kier molecular flexibility index (Phi) is 3.14. The first-order valence-corrected chi connectivity index (χ1v) is 7.06. The van der Waals surface area contributed by atoms with Gasteiger partial charge in [0.05, 0.1) is 0 Å². The third kappa shape index (κ3) is 2.30. The van der Waals surface area contributed by atoms with Crippen molar-refractivity contribution in [1.82, 2.24) is 5.32 Å². The van der Waals surface area contributed by atoms with Gasteiger partial charge in [0.2, 0.25) is 0 Å². The average molecular weight is 320 g/mol. The van der Waals surface area contributed by atoms with Gasteiger partial charge >= 0.3 is 0 Å². The molecule has 0 spiro atoms. The molecule has 1 aromatic rings. The van der Waals surface area contributed by atoms with Gasteiger partial charge in [-0.2, -0.15) is 0 Å². The van der Waals surface area contributed by atoms with Crippen molar-refractivity contribution >= 4 is 27.7 Å². The number of nitrogens with zero attached hydrogens (tertiary/aromatic N) is 1. The zero-order valence-corrected chi connectivity index (χ0v) is 11.9. The Morgan fingerprint density at radius 3 is 3.00 bits per heavy atom. The smallest absolute Gasteiger partial charge is 0.193 e. The summed E-state index contributed by atoms with van der Waals surface area (Å²) in [5.41, 5.74) is 8.54. The molecular weight excluding hydrogens is 306 g/mol. The number of carbonyl (C=O) groups is 1. The van der Waals surface area contributed by atoms with E-state index in [0.717, 1.165) is 34.1 Å². The van der Waals surface area contributed by atoms with E-state index in [4.69, 9.17) is 5.73 Å². The van der Waals surface area contributed by atoms with Crippen LogP contribution in [-0.2, 0) is 4.79 Å². The number of ketones is 1. The fourth-order valence-corrected chi connectivity index (χ4v) is 3.04. The third-order valence-corrected chi connectivity index (χ3v) is 3.93. The standard InChI is InChI=1S/C14H14BrN3O/c15-9-4-1-3-8(7-9)13-12-10(17-14(16)18-13)5-2-6-11(12)19/h1,3-4,7,13H,2,5-6H2,(H3,16,17,18). The molecule has 0 aromatic heterocycles. The Labute approximate surface area is 119 Å². The molecule has 1 aliphatic carbocycles. The molecule has 1 aromatic carbocycles. The van der Waals surface area contributed by atoms with Crippen molar-refractivity contribution in [1.29, 1.82) is 0 Å². The Bertz CT molecular complexity index is 606. The van der Waals surface area contributed by atoms with E-state index in [9.17, 15) is 4.79 Å². The number of allylic oxidation sites excluding steroid dienone is 1. The van der Waals surface area contributed by atoms with E-state index < -0.39 is 0 Å². The molecular formula is C14H14BrN3O. The summed E-state index contributed by atoms with van der Waals surface area (Å²) in [7, 11) is 0. The monoisotopic (exact) mass is 319 g/mol. The Morgan fingerprint density at radius 2 is 2.21 bits per heavy atom. The molecule has 19 heavy (non-hydrogen) atoms. The van der Waals surface area contributed by atoms with Crippen LogP contribution in [0.2, 0.25) is 0 Å². The van der Waals surface area contributed by atoms with Gasteiger partial charge < -0.3 is 11.1 Å². The highest BCUT2D eigenvalue weighted by atomic mass is 79.9. The van der Waals surface area contributed by atoms with Crippen LogP contribution < -0.4 is 11.1 Å². The van der Waals surface area contributed by atoms with Crippen molar-refractivity contribution in [2.45, 2.75) is 25.3 Å². The fraction of sp³-hybridized carbons (Fsp3) is 0.286. The fourth-order valence-electron chi connectivity index (χ4n) is 2.62. The number of hydrogen-bond acceptors (Lipinski definition) is 4. The van der Waals surface area contributed by atoms with Gasteiger partial charge in [-0.1, -0.05) is 28.1 Å². The lowest BCUT2D eigenvalue weighted by atomic mass is 9.86. The summed E-state index contributed by atoms with van der Waals surface area (Å²) in [6.07, 6.45) is 2.34. The quantitative estimate of drug-likeness (QED) is 0.835. The molecule has 0 fully saturated rings. The highest BCUT2D eigenvalue weighted by Crippen LogP contribution is 2.36. The maximum absolute atomic E-state index is 12.2. The molecule has 1 atom stereocenters. The van der Waals surface area contributed by atoms with Gasteiger partial charge in [0, 0.05) is 22.2 Å². The number of hydrogen-bond donors (Lipinski definition) is 2.